The monoisotopic (exact) mass is 263 g/mol. The Morgan fingerprint density at radius 1 is 1.47 bits per heavy atom. The molecule has 0 spiro atoms. The van der Waals surface area contributed by atoms with Crippen LogP contribution in [0.2, 0.25) is 0 Å². The van der Waals surface area contributed by atoms with Gasteiger partial charge in [0.05, 0.1) is 0 Å². The molecule has 2 N–H and O–H groups in total. The van der Waals surface area contributed by atoms with E-state index >= 15 is 0 Å². The third kappa shape index (κ3) is 3.23. The van der Waals surface area contributed by atoms with Gasteiger partial charge in [-0.2, -0.15) is 0 Å². The van der Waals surface area contributed by atoms with Gasteiger partial charge < -0.3 is 15.2 Å². The molecule has 1 aromatic rings. The third-order valence-electron chi connectivity index (χ3n) is 3.89. The van der Waals surface area contributed by atoms with Crippen LogP contribution in [-0.2, 0) is 0 Å². The molecule has 0 atom stereocenters. The number of nitrogens with zero attached hydrogens (tertiary/aromatic N) is 1. The molecule has 0 bridgehead atoms. The van der Waals surface area contributed by atoms with Gasteiger partial charge in [0.2, 0.25) is 0 Å². The molecule has 1 aromatic heterocycles. The number of hydrogen-bond donors (Lipinski definition) is 2. The van der Waals surface area contributed by atoms with Crippen molar-refractivity contribution in [2.45, 2.75) is 32.2 Å². The first-order valence-electron chi connectivity index (χ1n) is 6.76. The van der Waals surface area contributed by atoms with Gasteiger partial charge in [-0.05, 0) is 26.3 Å². The third-order valence-corrected chi connectivity index (χ3v) is 3.89. The van der Waals surface area contributed by atoms with Crippen LogP contribution in [0.25, 0.3) is 0 Å². The summed E-state index contributed by atoms with van der Waals surface area (Å²) in [6.07, 6.45) is 4.82. The first-order valence-corrected chi connectivity index (χ1v) is 6.76. The number of carbonyl (C=O) groups excluding carboxylic acids is 1. The zero-order valence-electron chi connectivity index (χ0n) is 11.5. The lowest BCUT2D eigenvalue weighted by molar-refractivity contribution is 0.0837. The molecule has 0 unspecified atom stereocenters. The highest BCUT2D eigenvalue weighted by atomic mass is 16.2. The summed E-state index contributed by atoms with van der Waals surface area (Å²) in [7, 11) is 0. The smallest absolute Gasteiger partial charge is 0.257 e. The van der Waals surface area contributed by atoms with Crippen LogP contribution >= 0.6 is 0 Å². The maximum absolute atomic E-state index is 12.1. The minimum Gasteiger partial charge on any atom is -0.367 e. The summed E-state index contributed by atoms with van der Waals surface area (Å²) in [5.74, 6) is -0.283. The van der Waals surface area contributed by atoms with E-state index in [1.165, 1.54) is 18.5 Å². The number of aromatic amines is 1. The van der Waals surface area contributed by atoms with Gasteiger partial charge in [-0.15, -0.1) is 0 Å². The number of nitrogens with one attached hydrogen (secondary N) is 2. The van der Waals surface area contributed by atoms with Crippen LogP contribution in [-0.4, -0.2) is 41.0 Å². The summed E-state index contributed by atoms with van der Waals surface area (Å²) < 4.78 is 0. The average Bonchev–Trinajstić information content (AvgIpc) is 2.39. The van der Waals surface area contributed by atoms with Crippen LogP contribution in [0.15, 0.2) is 23.3 Å². The largest absolute Gasteiger partial charge is 0.367 e. The molecule has 0 aliphatic carbocycles. The predicted molar refractivity (Wildman–Crippen MR) is 74.3 cm³/mol. The normalized spacial score (nSPS) is 19.1. The van der Waals surface area contributed by atoms with Crippen molar-refractivity contribution in [2.24, 2.45) is 0 Å². The zero-order chi connectivity index (χ0) is 13.9. The fourth-order valence-corrected chi connectivity index (χ4v) is 2.42. The minimum atomic E-state index is -0.283. The Morgan fingerprint density at radius 2 is 2.16 bits per heavy atom. The maximum Gasteiger partial charge on any atom is 0.257 e. The molecule has 0 radical (unpaired) electrons. The number of carbonyl (C=O) groups is 1. The van der Waals surface area contributed by atoms with Crippen LogP contribution in [0.4, 0.5) is 0 Å². The second-order valence-corrected chi connectivity index (χ2v) is 5.37. The number of rotatable bonds is 3. The van der Waals surface area contributed by atoms with Crippen molar-refractivity contribution in [2.75, 3.05) is 19.6 Å². The van der Waals surface area contributed by atoms with Gasteiger partial charge >= 0.3 is 0 Å². The van der Waals surface area contributed by atoms with Gasteiger partial charge in [-0.1, -0.05) is 6.92 Å². The second kappa shape index (κ2) is 5.57. The number of piperidine rings is 1. The molecular formula is C14H21N3O2. The Kier molecular flexibility index (Phi) is 4.04. The fourth-order valence-electron chi connectivity index (χ4n) is 2.42. The molecule has 1 fully saturated rings. The number of amides is 1. The molecule has 1 aliphatic heterocycles. The Labute approximate surface area is 113 Å². The van der Waals surface area contributed by atoms with E-state index in [1.807, 2.05) is 0 Å². The van der Waals surface area contributed by atoms with E-state index < -0.39 is 0 Å². The molecule has 5 nitrogen and oxygen atoms in total. The van der Waals surface area contributed by atoms with Crippen molar-refractivity contribution in [3.05, 3.63) is 34.2 Å². The molecule has 0 saturated carbocycles. The lowest BCUT2D eigenvalue weighted by atomic mass is 9.89. The Hall–Kier alpha value is -1.62. The van der Waals surface area contributed by atoms with Crippen LogP contribution in [0.5, 0.6) is 0 Å². The first kappa shape index (κ1) is 13.8. The summed E-state index contributed by atoms with van der Waals surface area (Å²) in [6.45, 7) is 7.21. The molecule has 19 heavy (non-hydrogen) atoms. The highest BCUT2D eigenvalue weighted by Crippen LogP contribution is 2.21. The van der Waals surface area contributed by atoms with Crippen molar-refractivity contribution in [1.82, 2.24) is 15.2 Å². The van der Waals surface area contributed by atoms with E-state index in [-0.39, 0.29) is 22.4 Å². The molecule has 1 aliphatic rings. The fraction of sp³-hybridized carbons (Fsp3) is 0.571. The van der Waals surface area contributed by atoms with Gasteiger partial charge in [-0.25, -0.2) is 0 Å². The second-order valence-electron chi connectivity index (χ2n) is 5.37. The van der Waals surface area contributed by atoms with Gasteiger partial charge in [0, 0.05) is 37.1 Å². The summed E-state index contributed by atoms with van der Waals surface area (Å²) in [5, 5.41) is 3.01. The number of hydrogen-bond acceptors (Lipinski definition) is 3. The summed E-state index contributed by atoms with van der Waals surface area (Å²) >= 11 is 0. The maximum atomic E-state index is 12.1. The molecule has 104 valence electrons. The summed E-state index contributed by atoms with van der Waals surface area (Å²) in [4.78, 5) is 28.9. The Morgan fingerprint density at radius 3 is 2.74 bits per heavy atom. The number of aromatic nitrogens is 1. The van der Waals surface area contributed by atoms with Crippen molar-refractivity contribution in [1.29, 1.82) is 0 Å². The van der Waals surface area contributed by atoms with E-state index in [1.54, 1.807) is 0 Å². The topological polar surface area (TPSA) is 65.2 Å². The predicted octanol–water partition coefficient (Wildman–Crippen LogP) is 0.979. The molecule has 2 rings (SSSR count). The quantitative estimate of drug-likeness (QED) is 0.854. The number of pyridine rings is 1. The molecule has 0 aromatic carbocycles. The van der Waals surface area contributed by atoms with Crippen molar-refractivity contribution in [3.8, 4) is 0 Å². The van der Waals surface area contributed by atoms with Gasteiger partial charge in [0.15, 0.2) is 5.43 Å². The lowest BCUT2D eigenvalue weighted by Crippen LogP contribution is -2.53. The Bertz CT molecular complexity index is 501. The van der Waals surface area contributed by atoms with Crippen molar-refractivity contribution < 1.29 is 4.79 Å². The summed E-state index contributed by atoms with van der Waals surface area (Å²) in [6, 6.07) is 1.37. The standard InChI is InChI=1S/C14H21N3O2/c1-3-17-8-5-14(2,6-9-17)16-13(19)11-10-15-7-4-12(11)18/h4,7,10H,3,5-6,8-9H2,1-2H3,(H,15,18)(H,16,19). The average molecular weight is 263 g/mol. The SMILES string of the molecule is CCN1CCC(C)(NC(=O)c2c[nH]ccc2=O)CC1. The number of H-pyrrole nitrogens is 1. The van der Waals surface area contributed by atoms with Crippen LogP contribution in [0.3, 0.4) is 0 Å². The first-order chi connectivity index (χ1) is 9.04. The van der Waals surface area contributed by atoms with Crippen LogP contribution in [0, 0.1) is 0 Å². The van der Waals surface area contributed by atoms with Crippen LogP contribution in [0.1, 0.15) is 37.0 Å². The highest BCUT2D eigenvalue weighted by Gasteiger charge is 2.31. The zero-order valence-corrected chi connectivity index (χ0v) is 11.5. The minimum absolute atomic E-state index is 0.182. The van der Waals surface area contributed by atoms with E-state index in [4.69, 9.17) is 0 Å². The van der Waals surface area contributed by atoms with E-state index in [0.717, 1.165) is 32.5 Å². The van der Waals surface area contributed by atoms with Gasteiger partial charge in [0.1, 0.15) is 5.56 Å². The highest BCUT2D eigenvalue weighted by molar-refractivity contribution is 5.94. The molecule has 1 amide bonds. The van der Waals surface area contributed by atoms with Crippen LogP contribution < -0.4 is 10.7 Å². The van der Waals surface area contributed by atoms with Crippen molar-refractivity contribution in [3.63, 3.8) is 0 Å². The Balaban J connectivity index is 2.03. The lowest BCUT2D eigenvalue weighted by Gasteiger charge is -2.39. The molecule has 5 heteroatoms. The van der Waals surface area contributed by atoms with E-state index in [9.17, 15) is 9.59 Å². The number of likely N-dealkylation sites (tertiary alicyclic amines) is 1. The molecular weight excluding hydrogens is 242 g/mol. The van der Waals surface area contributed by atoms with Crippen molar-refractivity contribution >= 4 is 5.91 Å². The van der Waals surface area contributed by atoms with Gasteiger partial charge in [0.25, 0.3) is 5.91 Å². The van der Waals surface area contributed by atoms with E-state index in [2.05, 4.69) is 29.0 Å². The van der Waals surface area contributed by atoms with E-state index in [0.29, 0.717) is 0 Å². The van der Waals surface area contributed by atoms with Gasteiger partial charge in [-0.3, -0.25) is 9.59 Å². The molecule has 1 saturated heterocycles. The molecule has 2 heterocycles. The summed E-state index contributed by atoms with van der Waals surface area (Å²) in [5.41, 5.74) is -0.280.